The van der Waals surface area contributed by atoms with E-state index in [1.807, 2.05) is 30.3 Å². The Labute approximate surface area is 178 Å². The number of carbonyl (C=O) groups excluding carboxylic acids is 1. The van der Waals surface area contributed by atoms with Crippen LogP contribution in [0.1, 0.15) is 31.2 Å². The second-order valence-corrected chi connectivity index (χ2v) is 7.50. The number of para-hydroxylation sites is 1. The molecule has 3 aromatic rings. The van der Waals surface area contributed by atoms with Crippen LogP contribution in [0.4, 0.5) is 16.3 Å². The van der Waals surface area contributed by atoms with Crippen LogP contribution in [-0.2, 0) is 0 Å². The van der Waals surface area contributed by atoms with Crippen molar-refractivity contribution in [3.63, 3.8) is 0 Å². The number of benzene rings is 2. The predicted octanol–water partition coefficient (Wildman–Crippen LogP) is 4.83. The van der Waals surface area contributed by atoms with Crippen LogP contribution < -0.4 is 16.2 Å². The van der Waals surface area contributed by atoms with Crippen LogP contribution in [0.3, 0.4) is 0 Å². The molecule has 4 rings (SSSR count). The Hall–Kier alpha value is -3.32. The fourth-order valence-electron chi connectivity index (χ4n) is 3.44. The van der Waals surface area contributed by atoms with Crippen LogP contribution in [0, 0.1) is 0 Å². The first kappa shape index (κ1) is 20.0. The number of urea groups is 1. The van der Waals surface area contributed by atoms with Crippen molar-refractivity contribution in [1.82, 2.24) is 9.78 Å². The Morgan fingerprint density at radius 3 is 2.53 bits per heavy atom. The van der Waals surface area contributed by atoms with Crippen LogP contribution in [0.15, 0.2) is 64.4 Å². The van der Waals surface area contributed by atoms with Gasteiger partial charge in [0.15, 0.2) is 0 Å². The molecule has 0 atom stereocenters. The Balaban J connectivity index is 1.68. The predicted molar refractivity (Wildman–Crippen MR) is 120 cm³/mol. The van der Waals surface area contributed by atoms with Crippen molar-refractivity contribution < 1.29 is 4.79 Å². The number of amides is 2. The highest BCUT2D eigenvalue weighted by molar-refractivity contribution is 6.30. The summed E-state index contributed by atoms with van der Waals surface area (Å²) in [5.74, 6) is 0.330. The minimum absolute atomic E-state index is 0.233. The van der Waals surface area contributed by atoms with Crippen LogP contribution in [-0.4, -0.2) is 28.1 Å². The zero-order valence-corrected chi connectivity index (χ0v) is 17.1. The molecule has 0 unspecified atom stereocenters. The number of halogens is 1. The maximum atomic E-state index is 13.2. The Kier molecular flexibility index (Phi) is 5.99. The lowest BCUT2D eigenvalue weighted by Gasteiger charge is -2.08. The molecule has 1 aromatic heterocycles. The number of anilines is 2. The highest BCUT2D eigenvalue weighted by Crippen LogP contribution is 2.20. The van der Waals surface area contributed by atoms with Gasteiger partial charge >= 0.3 is 6.03 Å². The van der Waals surface area contributed by atoms with Crippen molar-refractivity contribution in [2.75, 3.05) is 17.2 Å². The smallest absolute Gasteiger partial charge is 0.308 e. The molecule has 0 saturated heterocycles. The van der Waals surface area contributed by atoms with Gasteiger partial charge in [0.25, 0.3) is 5.56 Å². The van der Waals surface area contributed by atoms with Crippen LogP contribution in [0.25, 0.3) is 5.69 Å². The summed E-state index contributed by atoms with van der Waals surface area (Å²) in [6.45, 7) is 0.682. The number of aromatic nitrogens is 2. The molecule has 7 nitrogen and oxygen atoms in total. The van der Waals surface area contributed by atoms with Gasteiger partial charge in [-0.2, -0.15) is 0 Å². The van der Waals surface area contributed by atoms with Gasteiger partial charge < -0.3 is 5.32 Å². The molecule has 154 valence electrons. The lowest BCUT2D eigenvalue weighted by atomic mass is 10.1. The number of aliphatic imine (C=N–C) groups is 1. The van der Waals surface area contributed by atoms with Crippen molar-refractivity contribution >= 4 is 34.8 Å². The van der Waals surface area contributed by atoms with E-state index < -0.39 is 6.03 Å². The second-order valence-electron chi connectivity index (χ2n) is 7.06. The lowest BCUT2D eigenvalue weighted by molar-refractivity contribution is 0.262. The molecule has 0 bridgehead atoms. The van der Waals surface area contributed by atoms with E-state index in [2.05, 4.69) is 20.7 Å². The van der Waals surface area contributed by atoms with Crippen LogP contribution in [0.5, 0.6) is 0 Å². The SMILES string of the molecule is O=C(Nc1ccc(Cl)cc1)Nc1[nH]n(-c2ccccc2)c(=O)c1C1=NCCCCC1. The number of nitrogens with one attached hydrogen (secondary N) is 3. The molecule has 0 fully saturated rings. The second kappa shape index (κ2) is 9.00. The van der Waals surface area contributed by atoms with Gasteiger partial charge in [-0.3, -0.25) is 20.2 Å². The third kappa shape index (κ3) is 4.46. The quantitative estimate of drug-likeness (QED) is 0.561. The molecule has 2 heterocycles. The molecule has 1 aliphatic heterocycles. The van der Waals surface area contributed by atoms with Gasteiger partial charge in [0.05, 0.1) is 11.4 Å². The summed E-state index contributed by atoms with van der Waals surface area (Å²) >= 11 is 5.89. The summed E-state index contributed by atoms with van der Waals surface area (Å²) in [4.78, 5) is 30.5. The summed E-state index contributed by atoms with van der Waals surface area (Å²) in [6.07, 6.45) is 3.74. The van der Waals surface area contributed by atoms with Gasteiger partial charge in [0, 0.05) is 17.3 Å². The Morgan fingerprint density at radius 2 is 1.77 bits per heavy atom. The standard InChI is InChI=1S/C22H22ClN5O2/c23-15-10-12-16(13-11-15)25-22(30)26-20-19(18-9-5-2-6-14-24-18)21(29)28(27-20)17-7-3-1-4-8-17/h1,3-4,7-8,10-13,27H,2,5-6,9,14H2,(H2,25,26,30). The fourth-order valence-corrected chi connectivity index (χ4v) is 3.57. The topological polar surface area (TPSA) is 91.3 Å². The fraction of sp³-hybridized carbons (Fsp3) is 0.227. The van der Waals surface area contributed by atoms with Gasteiger partial charge in [-0.1, -0.05) is 36.2 Å². The molecular formula is C22H22ClN5O2. The van der Waals surface area contributed by atoms with Gasteiger partial charge in [0.2, 0.25) is 0 Å². The van der Waals surface area contributed by atoms with Crippen molar-refractivity contribution in [2.45, 2.75) is 25.7 Å². The normalized spacial score (nSPS) is 14.0. The van der Waals surface area contributed by atoms with Crippen molar-refractivity contribution in [3.05, 3.63) is 75.5 Å². The first-order valence-corrected chi connectivity index (χ1v) is 10.3. The van der Waals surface area contributed by atoms with Gasteiger partial charge in [0.1, 0.15) is 11.4 Å². The highest BCUT2D eigenvalue weighted by atomic mass is 35.5. The maximum Gasteiger partial charge on any atom is 0.324 e. The summed E-state index contributed by atoms with van der Waals surface area (Å²) in [5.41, 5.74) is 2.18. The number of nitrogens with zero attached hydrogens (tertiary/aromatic N) is 2. The molecule has 2 amide bonds. The molecule has 2 aromatic carbocycles. The van der Waals surface area contributed by atoms with E-state index >= 15 is 0 Å². The van der Waals surface area contributed by atoms with Crippen molar-refractivity contribution in [2.24, 2.45) is 4.99 Å². The molecule has 8 heteroatoms. The molecule has 0 saturated carbocycles. The number of rotatable bonds is 4. The summed E-state index contributed by atoms with van der Waals surface area (Å²) in [7, 11) is 0. The lowest BCUT2D eigenvalue weighted by Crippen LogP contribution is -2.23. The molecule has 30 heavy (non-hydrogen) atoms. The molecule has 3 N–H and O–H groups in total. The highest BCUT2D eigenvalue weighted by Gasteiger charge is 2.22. The molecular weight excluding hydrogens is 402 g/mol. The van der Waals surface area contributed by atoms with E-state index in [1.54, 1.807) is 24.3 Å². The van der Waals surface area contributed by atoms with E-state index in [1.165, 1.54) is 4.68 Å². The van der Waals surface area contributed by atoms with Crippen molar-refractivity contribution in [1.29, 1.82) is 0 Å². The monoisotopic (exact) mass is 423 g/mol. The first-order valence-electron chi connectivity index (χ1n) is 9.89. The van der Waals surface area contributed by atoms with Crippen LogP contribution >= 0.6 is 11.6 Å². The number of hydrogen-bond donors (Lipinski definition) is 3. The van der Waals surface area contributed by atoms with E-state index in [0.717, 1.165) is 25.0 Å². The van der Waals surface area contributed by atoms with Crippen molar-refractivity contribution in [3.8, 4) is 5.69 Å². The van der Waals surface area contributed by atoms with E-state index in [-0.39, 0.29) is 5.56 Å². The number of hydrogen-bond acceptors (Lipinski definition) is 3. The van der Waals surface area contributed by atoms with E-state index in [0.29, 0.717) is 40.7 Å². The van der Waals surface area contributed by atoms with Gasteiger partial charge in [-0.15, -0.1) is 0 Å². The third-order valence-electron chi connectivity index (χ3n) is 4.91. The van der Waals surface area contributed by atoms with Gasteiger partial charge in [-0.25, -0.2) is 9.48 Å². The summed E-state index contributed by atoms with van der Waals surface area (Å²) in [5, 5.41) is 9.15. The number of carbonyl (C=O) groups is 1. The number of H-pyrrole nitrogens is 1. The van der Waals surface area contributed by atoms with Crippen LogP contribution in [0.2, 0.25) is 5.02 Å². The van der Waals surface area contributed by atoms with Gasteiger partial charge in [-0.05, 0) is 55.7 Å². The first-order chi connectivity index (χ1) is 14.6. The zero-order valence-electron chi connectivity index (χ0n) is 16.3. The largest absolute Gasteiger partial charge is 0.324 e. The Morgan fingerprint density at radius 1 is 1.00 bits per heavy atom. The summed E-state index contributed by atoms with van der Waals surface area (Å²) < 4.78 is 1.43. The third-order valence-corrected chi connectivity index (χ3v) is 5.16. The Bertz CT molecular complexity index is 1120. The molecule has 0 aliphatic carbocycles. The maximum absolute atomic E-state index is 13.2. The minimum atomic E-state index is -0.464. The number of aromatic amines is 1. The van der Waals surface area contributed by atoms with E-state index in [9.17, 15) is 9.59 Å². The minimum Gasteiger partial charge on any atom is -0.308 e. The molecule has 0 radical (unpaired) electrons. The molecule has 0 spiro atoms. The zero-order chi connectivity index (χ0) is 20.9. The summed E-state index contributed by atoms with van der Waals surface area (Å²) in [6, 6.07) is 15.6. The average Bonchev–Trinajstić information content (AvgIpc) is 2.92. The average molecular weight is 424 g/mol. The van der Waals surface area contributed by atoms with E-state index in [4.69, 9.17) is 11.6 Å². The molecule has 1 aliphatic rings.